The molecule has 10 heteroatoms. The van der Waals surface area contributed by atoms with Crippen LogP contribution in [-0.2, 0) is 23.1 Å². The number of hydrogen-bond donors (Lipinski definition) is 2. The Bertz CT molecular complexity index is 1400. The van der Waals surface area contributed by atoms with Gasteiger partial charge < -0.3 is 20.5 Å². The molecule has 2 aromatic carbocycles. The van der Waals surface area contributed by atoms with Crippen molar-refractivity contribution in [2.45, 2.75) is 19.9 Å². The number of aryl methyl sites for hydroxylation is 1. The molecule has 2 heterocycles. The van der Waals surface area contributed by atoms with E-state index < -0.39 is 0 Å². The largest absolute Gasteiger partial charge is 0.466 e. The van der Waals surface area contributed by atoms with Crippen LogP contribution in [0.1, 0.15) is 35.1 Å². The Morgan fingerprint density at radius 2 is 1.97 bits per heavy atom. The number of fused-ring (bicyclic) bond motifs is 1. The van der Waals surface area contributed by atoms with E-state index >= 15 is 0 Å². The summed E-state index contributed by atoms with van der Waals surface area (Å²) >= 11 is 0. The van der Waals surface area contributed by atoms with Crippen LogP contribution >= 0.6 is 0 Å². The van der Waals surface area contributed by atoms with E-state index in [0.717, 1.165) is 22.6 Å². The molecule has 0 aliphatic heterocycles. The number of nitrogens with one attached hydrogen (secondary N) is 1. The van der Waals surface area contributed by atoms with Crippen molar-refractivity contribution in [2.75, 3.05) is 23.4 Å². The number of ether oxygens (including phenoxy) is 1. The Morgan fingerprint density at radius 1 is 1.16 bits per heavy atom. The van der Waals surface area contributed by atoms with Crippen molar-refractivity contribution in [3.05, 3.63) is 83.8 Å². The minimum absolute atomic E-state index is 0.0673. The first-order valence-electron chi connectivity index (χ1n) is 11.9. The number of aromatic nitrogens is 3. The van der Waals surface area contributed by atoms with Crippen LogP contribution in [0.5, 0.6) is 0 Å². The molecule has 0 unspecified atom stereocenters. The normalized spacial score (nSPS) is 11.1. The van der Waals surface area contributed by atoms with Gasteiger partial charge in [-0.3, -0.25) is 14.5 Å². The number of carbonyl (C=O) groups excluding carboxylic acids is 2. The summed E-state index contributed by atoms with van der Waals surface area (Å²) in [6.07, 6.45) is 3.26. The molecule has 0 atom stereocenters. The van der Waals surface area contributed by atoms with Crippen LogP contribution in [-0.4, -0.2) is 45.8 Å². The van der Waals surface area contributed by atoms with Gasteiger partial charge in [0, 0.05) is 31.0 Å². The molecule has 0 aliphatic carbocycles. The molecule has 1 amide bonds. The van der Waals surface area contributed by atoms with Crippen LogP contribution in [0.15, 0.2) is 72.0 Å². The van der Waals surface area contributed by atoms with Gasteiger partial charge in [0.25, 0.3) is 5.91 Å². The molecule has 4 rings (SSSR count). The van der Waals surface area contributed by atoms with Gasteiger partial charge in [0.15, 0.2) is 0 Å². The Labute approximate surface area is 214 Å². The Morgan fingerprint density at radius 3 is 2.68 bits per heavy atom. The number of amides is 1. The zero-order chi connectivity index (χ0) is 26.2. The van der Waals surface area contributed by atoms with Gasteiger partial charge in [-0.15, -0.1) is 0 Å². The van der Waals surface area contributed by atoms with E-state index in [2.05, 4.69) is 15.4 Å². The van der Waals surface area contributed by atoms with Crippen LogP contribution in [0.4, 0.5) is 11.5 Å². The van der Waals surface area contributed by atoms with Crippen LogP contribution in [0, 0.1) is 0 Å². The third kappa shape index (κ3) is 6.10. The van der Waals surface area contributed by atoms with Crippen molar-refractivity contribution >= 4 is 40.6 Å². The molecule has 190 valence electrons. The molecule has 0 radical (unpaired) electrons. The molecule has 0 saturated carbocycles. The van der Waals surface area contributed by atoms with Gasteiger partial charge in [-0.1, -0.05) is 18.2 Å². The molecule has 0 bridgehead atoms. The monoisotopic (exact) mass is 499 g/mol. The van der Waals surface area contributed by atoms with E-state index in [0.29, 0.717) is 30.0 Å². The Kier molecular flexibility index (Phi) is 8.09. The third-order valence-corrected chi connectivity index (χ3v) is 5.82. The highest BCUT2D eigenvalue weighted by molar-refractivity contribution is 6.07. The van der Waals surface area contributed by atoms with Gasteiger partial charge in [-0.05, 0) is 55.0 Å². The lowest BCUT2D eigenvalue weighted by atomic mass is 10.1. The number of carbonyl (C=O) groups is 2. The maximum atomic E-state index is 13.5. The number of imidazole rings is 1. The van der Waals surface area contributed by atoms with E-state index in [1.807, 2.05) is 41.9 Å². The molecule has 10 nitrogen and oxygen atoms in total. The highest BCUT2D eigenvalue weighted by Gasteiger charge is 2.21. The van der Waals surface area contributed by atoms with E-state index in [4.69, 9.17) is 15.6 Å². The lowest BCUT2D eigenvalue weighted by Gasteiger charge is -2.21. The van der Waals surface area contributed by atoms with Gasteiger partial charge in [-0.2, -0.15) is 5.10 Å². The second-order valence-electron chi connectivity index (χ2n) is 8.24. The molecule has 3 N–H and O–H groups in total. The summed E-state index contributed by atoms with van der Waals surface area (Å²) in [5.41, 5.74) is 3.90. The molecule has 0 spiro atoms. The maximum absolute atomic E-state index is 13.5. The highest BCUT2D eigenvalue weighted by Crippen LogP contribution is 2.21. The van der Waals surface area contributed by atoms with E-state index in [1.165, 1.54) is 4.90 Å². The zero-order valence-electron chi connectivity index (χ0n) is 20.8. The van der Waals surface area contributed by atoms with Gasteiger partial charge >= 0.3 is 5.97 Å². The van der Waals surface area contributed by atoms with E-state index in [1.54, 1.807) is 49.7 Å². The first kappa shape index (κ1) is 25.4. The molecule has 4 aromatic rings. The average Bonchev–Trinajstić information content (AvgIpc) is 3.23. The summed E-state index contributed by atoms with van der Waals surface area (Å²) in [6.45, 7) is 2.69. The van der Waals surface area contributed by atoms with Crippen molar-refractivity contribution < 1.29 is 14.3 Å². The molecule has 0 aliphatic rings. The number of hydrazone groups is 1. The number of pyridine rings is 1. The Balaban J connectivity index is 1.54. The summed E-state index contributed by atoms with van der Waals surface area (Å²) < 4.78 is 7.02. The van der Waals surface area contributed by atoms with E-state index in [-0.39, 0.29) is 24.8 Å². The van der Waals surface area contributed by atoms with E-state index in [9.17, 15) is 9.59 Å². The minimum Gasteiger partial charge on any atom is -0.466 e. The lowest BCUT2D eigenvalue weighted by Crippen LogP contribution is -2.34. The smallest absolute Gasteiger partial charge is 0.307 e. The van der Waals surface area contributed by atoms with Gasteiger partial charge in [-0.25, -0.2) is 9.97 Å². The van der Waals surface area contributed by atoms with Gasteiger partial charge in [0.2, 0.25) is 0 Å². The summed E-state index contributed by atoms with van der Waals surface area (Å²) in [4.78, 5) is 36.0. The molecule has 37 heavy (non-hydrogen) atoms. The minimum atomic E-state index is -0.365. The van der Waals surface area contributed by atoms with Crippen molar-refractivity contribution in [1.82, 2.24) is 14.5 Å². The lowest BCUT2D eigenvalue weighted by molar-refractivity contribution is -0.142. The first-order chi connectivity index (χ1) is 18.0. The topological polar surface area (TPSA) is 128 Å². The van der Waals surface area contributed by atoms with Crippen molar-refractivity contribution in [3.8, 4) is 0 Å². The van der Waals surface area contributed by atoms with Gasteiger partial charge in [0.1, 0.15) is 11.6 Å². The third-order valence-electron chi connectivity index (χ3n) is 5.82. The molecule has 0 saturated heterocycles. The fraction of sp³-hybridized carbons (Fsp3) is 0.222. The standard InChI is InChI=1S/C27H29N7O3/c1-3-37-26(35)13-15-34(24-6-4-5-14-29-24)27(36)20-9-12-23-22(16-20)32-25(33(23)2)18-30-21-10-7-19(8-11-21)17-31-28/h4-12,14,16-17,30H,3,13,15,18,28H2,1-2H3. The molecular formula is C27H29N7O3. The predicted molar refractivity (Wildman–Crippen MR) is 143 cm³/mol. The quantitative estimate of drug-likeness (QED) is 0.148. The fourth-order valence-electron chi connectivity index (χ4n) is 3.92. The van der Waals surface area contributed by atoms with Crippen LogP contribution < -0.4 is 16.1 Å². The Hall–Kier alpha value is -4.73. The summed E-state index contributed by atoms with van der Waals surface area (Å²) in [5, 5.41) is 6.89. The number of nitrogens with zero attached hydrogens (tertiary/aromatic N) is 5. The van der Waals surface area contributed by atoms with Crippen molar-refractivity contribution in [1.29, 1.82) is 0 Å². The SMILES string of the molecule is CCOC(=O)CCN(C(=O)c1ccc2c(c1)nc(CNc1ccc(C=NN)cc1)n2C)c1ccccn1. The highest BCUT2D eigenvalue weighted by atomic mass is 16.5. The number of esters is 1. The van der Waals surface area contributed by atoms with Crippen LogP contribution in [0.25, 0.3) is 11.0 Å². The average molecular weight is 500 g/mol. The zero-order valence-corrected chi connectivity index (χ0v) is 20.8. The number of hydrogen-bond acceptors (Lipinski definition) is 8. The van der Waals surface area contributed by atoms with Gasteiger partial charge in [0.05, 0.1) is 36.8 Å². The summed E-state index contributed by atoms with van der Waals surface area (Å²) in [6, 6.07) is 18.4. The molecule has 2 aromatic heterocycles. The van der Waals surface area contributed by atoms with Crippen molar-refractivity contribution in [2.24, 2.45) is 18.0 Å². The summed E-state index contributed by atoms with van der Waals surface area (Å²) in [7, 11) is 1.94. The number of rotatable bonds is 10. The number of anilines is 2. The summed E-state index contributed by atoms with van der Waals surface area (Å²) in [5.74, 6) is 5.85. The second-order valence-corrected chi connectivity index (χ2v) is 8.24. The first-order valence-corrected chi connectivity index (χ1v) is 11.9. The number of benzene rings is 2. The predicted octanol–water partition coefficient (Wildman–Crippen LogP) is 3.47. The fourth-order valence-corrected chi connectivity index (χ4v) is 3.92. The maximum Gasteiger partial charge on any atom is 0.307 e. The van der Waals surface area contributed by atoms with Crippen molar-refractivity contribution in [3.63, 3.8) is 0 Å². The van der Waals surface area contributed by atoms with Crippen LogP contribution in [0.3, 0.4) is 0 Å². The number of nitrogens with two attached hydrogens (primary N) is 1. The van der Waals surface area contributed by atoms with Crippen LogP contribution in [0.2, 0.25) is 0 Å². The molecule has 0 fully saturated rings. The molecular weight excluding hydrogens is 470 g/mol. The second kappa shape index (κ2) is 11.8.